The minimum absolute atomic E-state index is 0.252. The van der Waals surface area contributed by atoms with Crippen molar-refractivity contribution in [2.75, 3.05) is 5.32 Å². The molecule has 1 amide bonds. The highest BCUT2D eigenvalue weighted by atomic mass is 79.9. The van der Waals surface area contributed by atoms with Gasteiger partial charge < -0.3 is 10.1 Å². The van der Waals surface area contributed by atoms with E-state index in [1.165, 1.54) is 0 Å². The van der Waals surface area contributed by atoms with Gasteiger partial charge in [-0.05, 0) is 42.5 Å². The first-order valence-corrected chi connectivity index (χ1v) is 8.48. The number of nitrogens with zero attached hydrogens (tertiary/aromatic N) is 3. The van der Waals surface area contributed by atoms with E-state index in [1.807, 2.05) is 24.3 Å². The zero-order chi connectivity index (χ0) is 17.9. The van der Waals surface area contributed by atoms with Crippen LogP contribution in [-0.4, -0.2) is 26.3 Å². The lowest BCUT2D eigenvalue weighted by Crippen LogP contribution is -2.11. The van der Waals surface area contributed by atoms with Gasteiger partial charge in [0, 0.05) is 16.1 Å². The molecule has 0 saturated carbocycles. The summed E-state index contributed by atoms with van der Waals surface area (Å²) in [6.07, 6.45) is 1.54. The SMILES string of the molecule is O=C(Nc1ccc(Oc2cccc(Br)c2)nc1)c1ccc2n[nH]nc2c1. The van der Waals surface area contributed by atoms with Crippen molar-refractivity contribution in [3.05, 3.63) is 70.8 Å². The van der Waals surface area contributed by atoms with Crippen molar-refractivity contribution in [3.63, 3.8) is 0 Å². The molecular weight excluding hydrogens is 398 g/mol. The van der Waals surface area contributed by atoms with E-state index in [4.69, 9.17) is 4.74 Å². The number of carbonyl (C=O) groups excluding carboxylic acids is 1. The van der Waals surface area contributed by atoms with Crippen LogP contribution in [0.25, 0.3) is 11.0 Å². The van der Waals surface area contributed by atoms with Gasteiger partial charge in [0.25, 0.3) is 5.91 Å². The molecule has 0 aliphatic rings. The molecule has 0 aliphatic carbocycles. The number of benzene rings is 2. The van der Waals surface area contributed by atoms with Crippen molar-refractivity contribution in [2.45, 2.75) is 0 Å². The number of aromatic amines is 1. The van der Waals surface area contributed by atoms with Crippen molar-refractivity contribution >= 4 is 38.6 Å². The second-order valence-corrected chi connectivity index (χ2v) is 6.34. The molecule has 0 atom stereocenters. The van der Waals surface area contributed by atoms with E-state index < -0.39 is 0 Å². The fraction of sp³-hybridized carbons (Fsp3) is 0. The standard InChI is InChI=1S/C18H12BrN5O2/c19-12-2-1-3-14(9-12)26-17-7-5-13(10-20-17)21-18(25)11-4-6-15-16(8-11)23-24-22-15/h1-10H,(H,21,25)(H,22,23,24). The van der Waals surface area contributed by atoms with Gasteiger partial charge in [-0.3, -0.25) is 4.79 Å². The summed E-state index contributed by atoms with van der Waals surface area (Å²) in [5.74, 6) is 0.854. The van der Waals surface area contributed by atoms with Gasteiger partial charge in [0.15, 0.2) is 0 Å². The Labute approximate surface area is 156 Å². The Balaban J connectivity index is 1.45. The molecule has 2 N–H and O–H groups in total. The Hall–Kier alpha value is -3.26. The first-order valence-electron chi connectivity index (χ1n) is 7.69. The third kappa shape index (κ3) is 3.55. The maximum absolute atomic E-state index is 12.4. The van der Waals surface area contributed by atoms with E-state index in [0.29, 0.717) is 33.9 Å². The van der Waals surface area contributed by atoms with Crippen LogP contribution in [0.4, 0.5) is 5.69 Å². The number of amides is 1. The van der Waals surface area contributed by atoms with Crippen molar-refractivity contribution in [2.24, 2.45) is 0 Å². The smallest absolute Gasteiger partial charge is 0.255 e. The lowest BCUT2D eigenvalue weighted by Gasteiger charge is -2.07. The third-order valence-corrected chi connectivity index (χ3v) is 4.08. The topological polar surface area (TPSA) is 92.8 Å². The second-order valence-electron chi connectivity index (χ2n) is 5.43. The van der Waals surface area contributed by atoms with Gasteiger partial charge in [-0.1, -0.05) is 22.0 Å². The molecule has 0 aliphatic heterocycles. The van der Waals surface area contributed by atoms with E-state index in [0.717, 1.165) is 4.47 Å². The molecule has 0 radical (unpaired) electrons. The van der Waals surface area contributed by atoms with E-state index in [-0.39, 0.29) is 5.91 Å². The molecule has 2 aromatic carbocycles. The van der Waals surface area contributed by atoms with E-state index in [9.17, 15) is 4.79 Å². The number of ether oxygens (including phenoxy) is 1. The third-order valence-electron chi connectivity index (χ3n) is 3.59. The van der Waals surface area contributed by atoms with Crippen LogP contribution in [0.3, 0.4) is 0 Å². The quantitative estimate of drug-likeness (QED) is 0.527. The Morgan fingerprint density at radius 3 is 2.73 bits per heavy atom. The first-order chi connectivity index (χ1) is 12.7. The predicted octanol–water partition coefficient (Wildman–Crippen LogP) is 4.16. The molecule has 4 aromatic rings. The Morgan fingerprint density at radius 2 is 1.92 bits per heavy atom. The van der Waals surface area contributed by atoms with Crippen molar-refractivity contribution in [1.29, 1.82) is 0 Å². The number of nitrogens with one attached hydrogen (secondary N) is 2. The van der Waals surface area contributed by atoms with Gasteiger partial charge in [-0.2, -0.15) is 15.4 Å². The highest BCUT2D eigenvalue weighted by Crippen LogP contribution is 2.23. The molecule has 4 rings (SSSR count). The van der Waals surface area contributed by atoms with Crippen LogP contribution in [0.1, 0.15) is 10.4 Å². The number of anilines is 1. The molecule has 7 nitrogen and oxygen atoms in total. The minimum atomic E-state index is -0.252. The summed E-state index contributed by atoms with van der Waals surface area (Å²) in [5, 5.41) is 13.3. The number of halogens is 1. The fourth-order valence-corrected chi connectivity index (χ4v) is 2.73. The Kier molecular flexibility index (Phi) is 4.32. The summed E-state index contributed by atoms with van der Waals surface area (Å²) in [7, 11) is 0. The van der Waals surface area contributed by atoms with Gasteiger partial charge in [-0.25, -0.2) is 4.98 Å². The maximum Gasteiger partial charge on any atom is 0.255 e. The number of hydrogen-bond acceptors (Lipinski definition) is 5. The monoisotopic (exact) mass is 409 g/mol. The molecular formula is C18H12BrN5O2. The van der Waals surface area contributed by atoms with Gasteiger partial charge in [0.2, 0.25) is 5.88 Å². The highest BCUT2D eigenvalue weighted by Gasteiger charge is 2.09. The maximum atomic E-state index is 12.4. The van der Waals surface area contributed by atoms with Crippen LogP contribution < -0.4 is 10.1 Å². The van der Waals surface area contributed by atoms with Crippen LogP contribution in [0.2, 0.25) is 0 Å². The van der Waals surface area contributed by atoms with Crippen LogP contribution >= 0.6 is 15.9 Å². The average Bonchev–Trinajstić information content (AvgIpc) is 3.11. The van der Waals surface area contributed by atoms with Gasteiger partial charge in [0.1, 0.15) is 16.8 Å². The number of hydrogen-bond donors (Lipinski definition) is 2. The summed E-state index contributed by atoms with van der Waals surface area (Å²) in [6.45, 7) is 0. The van der Waals surface area contributed by atoms with Crippen molar-refractivity contribution in [1.82, 2.24) is 20.4 Å². The second kappa shape index (κ2) is 6.93. The van der Waals surface area contributed by atoms with Gasteiger partial charge in [0.05, 0.1) is 11.9 Å². The highest BCUT2D eigenvalue weighted by molar-refractivity contribution is 9.10. The summed E-state index contributed by atoms with van der Waals surface area (Å²) < 4.78 is 6.59. The zero-order valence-electron chi connectivity index (χ0n) is 13.3. The Morgan fingerprint density at radius 1 is 1.04 bits per heavy atom. The largest absolute Gasteiger partial charge is 0.439 e. The van der Waals surface area contributed by atoms with E-state index in [1.54, 1.807) is 36.5 Å². The molecule has 0 bridgehead atoms. The molecule has 0 unspecified atom stereocenters. The molecule has 26 heavy (non-hydrogen) atoms. The minimum Gasteiger partial charge on any atom is -0.439 e. The molecule has 0 fully saturated rings. The van der Waals surface area contributed by atoms with Gasteiger partial charge in [-0.15, -0.1) is 0 Å². The summed E-state index contributed by atoms with van der Waals surface area (Å²) in [6, 6.07) is 16.0. The number of H-pyrrole nitrogens is 1. The zero-order valence-corrected chi connectivity index (χ0v) is 14.9. The summed E-state index contributed by atoms with van der Waals surface area (Å²) >= 11 is 3.39. The van der Waals surface area contributed by atoms with Crippen LogP contribution in [0.15, 0.2) is 65.3 Å². The van der Waals surface area contributed by atoms with Crippen molar-refractivity contribution in [3.8, 4) is 11.6 Å². The number of aromatic nitrogens is 4. The molecule has 2 heterocycles. The summed E-state index contributed by atoms with van der Waals surface area (Å²) in [5.41, 5.74) is 2.39. The number of carbonyl (C=O) groups is 1. The van der Waals surface area contributed by atoms with E-state index >= 15 is 0 Å². The van der Waals surface area contributed by atoms with Crippen LogP contribution in [0, 0.1) is 0 Å². The molecule has 0 saturated heterocycles. The predicted molar refractivity (Wildman–Crippen MR) is 100 cm³/mol. The molecule has 8 heteroatoms. The Bertz CT molecular complexity index is 1080. The molecule has 0 spiro atoms. The van der Waals surface area contributed by atoms with Crippen LogP contribution in [0.5, 0.6) is 11.6 Å². The number of pyridine rings is 1. The molecule has 2 aromatic heterocycles. The molecule has 128 valence electrons. The lowest BCUT2D eigenvalue weighted by molar-refractivity contribution is 0.102. The normalized spacial score (nSPS) is 10.7. The first kappa shape index (κ1) is 16.2. The fourth-order valence-electron chi connectivity index (χ4n) is 2.35. The summed E-state index contributed by atoms with van der Waals surface area (Å²) in [4.78, 5) is 16.6. The number of fused-ring (bicyclic) bond motifs is 1. The van der Waals surface area contributed by atoms with E-state index in [2.05, 4.69) is 41.6 Å². The number of rotatable bonds is 4. The van der Waals surface area contributed by atoms with Crippen molar-refractivity contribution < 1.29 is 9.53 Å². The van der Waals surface area contributed by atoms with Gasteiger partial charge >= 0.3 is 0 Å². The van der Waals surface area contributed by atoms with Crippen LogP contribution in [-0.2, 0) is 0 Å². The average molecular weight is 410 g/mol. The lowest BCUT2D eigenvalue weighted by atomic mass is 10.2.